The van der Waals surface area contributed by atoms with Crippen LogP contribution in [-0.2, 0) is 16.4 Å². The van der Waals surface area contributed by atoms with Gasteiger partial charge in [-0.05, 0) is 31.4 Å². The second-order valence-corrected chi connectivity index (χ2v) is 7.16. The first kappa shape index (κ1) is 12.2. The SMILES string of the molecule is CC(C)S(=O)(=O)CCn1ccc2ccccc21. The molecule has 0 saturated heterocycles. The van der Waals surface area contributed by atoms with Crippen LogP contribution < -0.4 is 0 Å². The fourth-order valence-electron chi connectivity index (χ4n) is 1.80. The van der Waals surface area contributed by atoms with Gasteiger partial charge in [0.05, 0.1) is 11.0 Å². The molecule has 0 saturated carbocycles. The molecule has 0 N–H and O–H groups in total. The molecule has 0 spiro atoms. The number of benzene rings is 1. The Morgan fingerprint density at radius 2 is 1.88 bits per heavy atom. The minimum Gasteiger partial charge on any atom is -0.346 e. The molecule has 0 aliphatic rings. The fraction of sp³-hybridized carbons (Fsp3) is 0.385. The van der Waals surface area contributed by atoms with Crippen LogP contribution in [0, 0.1) is 0 Å². The van der Waals surface area contributed by atoms with Crippen LogP contribution in [0.25, 0.3) is 10.9 Å². The molecule has 0 atom stereocenters. The van der Waals surface area contributed by atoms with Crippen LogP contribution in [0.15, 0.2) is 36.5 Å². The number of aryl methyl sites for hydroxylation is 1. The van der Waals surface area contributed by atoms with Gasteiger partial charge in [0.1, 0.15) is 0 Å². The largest absolute Gasteiger partial charge is 0.346 e. The number of fused-ring (bicyclic) bond motifs is 1. The first-order valence-electron chi connectivity index (χ1n) is 5.76. The molecule has 4 heteroatoms. The van der Waals surface area contributed by atoms with Crippen molar-refractivity contribution in [1.82, 2.24) is 4.57 Å². The monoisotopic (exact) mass is 251 g/mol. The Morgan fingerprint density at radius 3 is 2.59 bits per heavy atom. The average Bonchev–Trinajstić information content (AvgIpc) is 2.69. The van der Waals surface area contributed by atoms with E-state index in [4.69, 9.17) is 0 Å². The number of sulfone groups is 1. The number of hydrogen-bond donors (Lipinski definition) is 0. The smallest absolute Gasteiger partial charge is 0.154 e. The summed E-state index contributed by atoms with van der Waals surface area (Å²) in [6.07, 6.45) is 1.94. The van der Waals surface area contributed by atoms with Gasteiger partial charge in [-0.1, -0.05) is 18.2 Å². The van der Waals surface area contributed by atoms with Crippen molar-refractivity contribution in [2.75, 3.05) is 5.75 Å². The van der Waals surface area contributed by atoms with Crippen LogP contribution in [0.1, 0.15) is 13.8 Å². The van der Waals surface area contributed by atoms with E-state index in [1.807, 2.05) is 41.1 Å². The summed E-state index contributed by atoms with van der Waals surface area (Å²) in [7, 11) is -2.96. The van der Waals surface area contributed by atoms with Gasteiger partial charge >= 0.3 is 0 Å². The van der Waals surface area contributed by atoms with E-state index in [1.165, 1.54) is 0 Å². The summed E-state index contributed by atoms with van der Waals surface area (Å²) in [5.41, 5.74) is 1.09. The van der Waals surface area contributed by atoms with Gasteiger partial charge in [-0.15, -0.1) is 0 Å². The Bertz CT molecular complexity index is 611. The lowest BCUT2D eigenvalue weighted by atomic mass is 10.2. The molecule has 0 fully saturated rings. The molecule has 92 valence electrons. The van der Waals surface area contributed by atoms with Crippen molar-refractivity contribution in [2.24, 2.45) is 0 Å². The summed E-state index contributed by atoms with van der Waals surface area (Å²) in [5, 5.41) is 0.846. The summed E-state index contributed by atoms with van der Waals surface area (Å²) in [5.74, 6) is 0.198. The van der Waals surface area contributed by atoms with E-state index in [1.54, 1.807) is 13.8 Å². The predicted octanol–water partition coefficient (Wildman–Crippen LogP) is 2.46. The predicted molar refractivity (Wildman–Crippen MR) is 70.9 cm³/mol. The molecule has 2 aromatic rings. The van der Waals surface area contributed by atoms with Crippen molar-refractivity contribution in [3.05, 3.63) is 36.5 Å². The second-order valence-electron chi connectivity index (χ2n) is 4.48. The Morgan fingerprint density at radius 1 is 1.18 bits per heavy atom. The minimum atomic E-state index is -2.96. The summed E-state index contributed by atoms with van der Waals surface area (Å²) >= 11 is 0. The van der Waals surface area contributed by atoms with Gasteiger partial charge in [0, 0.05) is 18.3 Å². The summed E-state index contributed by atoms with van der Waals surface area (Å²) < 4.78 is 25.5. The topological polar surface area (TPSA) is 39.1 Å². The maximum absolute atomic E-state index is 11.7. The first-order chi connectivity index (χ1) is 8.00. The molecular weight excluding hydrogens is 234 g/mol. The first-order valence-corrected chi connectivity index (χ1v) is 7.48. The number of rotatable bonds is 4. The van der Waals surface area contributed by atoms with Crippen molar-refractivity contribution >= 4 is 20.7 Å². The molecule has 3 nitrogen and oxygen atoms in total. The van der Waals surface area contributed by atoms with E-state index in [-0.39, 0.29) is 11.0 Å². The zero-order valence-electron chi connectivity index (χ0n) is 10.1. The molecule has 1 aromatic carbocycles. The summed E-state index contributed by atoms with van der Waals surface area (Å²) in [4.78, 5) is 0. The van der Waals surface area contributed by atoms with Crippen LogP contribution in [0.2, 0.25) is 0 Å². The van der Waals surface area contributed by atoms with E-state index >= 15 is 0 Å². The van der Waals surface area contributed by atoms with Crippen LogP contribution in [0.4, 0.5) is 0 Å². The van der Waals surface area contributed by atoms with Crippen molar-refractivity contribution in [1.29, 1.82) is 0 Å². The van der Waals surface area contributed by atoms with Crippen LogP contribution >= 0.6 is 0 Å². The third-order valence-electron chi connectivity index (χ3n) is 3.02. The van der Waals surface area contributed by atoms with E-state index in [0.717, 1.165) is 10.9 Å². The molecule has 0 radical (unpaired) electrons. The number of para-hydroxylation sites is 1. The minimum absolute atomic E-state index is 0.198. The molecule has 1 heterocycles. The Hall–Kier alpha value is -1.29. The second kappa shape index (κ2) is 4.53. The molecule has 1 aromatic heterocycles. The highest BCUT2D eigenvalue weighted by Gasteiger charge is 2.15. The lowest BCUT2D eigenvalue weighted by molar-refractivity contribution is 0.581. The molecule has 0 aliphatic carbocycles. The number of aromatic nitrogens is 1. The van der Waals surface area contributed by atoms with Gasteiger partial charge < -0.3 is 4.57 Å². The fourth-order valence-corrected chi connectivity index (χ4v) is 2.72. The number of nitrogens with zero attached hydrogens (tertiary/aromatic N) is 1. The van der Waals surface area contributed by atoms with E-state index in [9.17, 15) is 8.42 Å². The standard InChI is InChI=1S/C13H17NO2S/c1-11(2)17(15,16)10-9-14-8-7-12-5-3-4-6-13(12)14/h3-8,11H,9-10H2,1-2H3. The van der Waals surface area contributed by atoms with Gasteiger partial charge in [-0.25, -0.2) is 8.42 Å². The Balaban J connectivity index is 2.20. The van der Waals surface area contributed by atoms with Gasteiger partial charge in [-0.3, -0.25) is 0 Å². The lowest BCUT2D eigenvalue weighted by Crippen LogP contribution is -2.20. The van der Waals surface area contributed by atoms with Crippen LogP contribution in [0.3, 0.4) is 0 Å². The molecule has 17 heavy (non-hydrogen) atoms. The molecule has 2 rings (SSSR count). The zero-order chi connectivity index (χ0) is 12.5. The van der Waals surface area contributed by atoms with Crippen molar-refractivity contribution in [2.45, 2.75) is 25.6 Å². The Kier molecular flexibility index (Phi) is 3.24. The molecule has 0 bridgehead atoms. The highest BCUT2D eigenvalue weighted by Crippen LogP contribution is 2.15. The maximum Gasteiger partial charge on any atom is 0.154 e. The van der Waals surface area contributed by atoms with E-state index in [2.05, 4.69) is 0 Å². The average molecular weight is 251 g/mol. The lowest BCUT2D eigenvalue weighted by Gasteiger charge is -2.09. The third-order valence-corrected chi connectivity index (χ3v) is 5.20. The normalized spacial score (nSPS) is 12.4. The van der Waals surface area contributed by atoms with Crippen LogP contribution in [-0.4, -0.2) is 24.0 Å². The third kappa shape index (κ3) is 2.52. The van der Waals surface area contributed by atoms with Gasteiger partial charge in [0.25, 0.3) is 0 Å². The van der Waals surface area contributed by atoms with Crippen molar-refractivity contribution < 1.29 is 8.42 Å². The van der Waals surface area contributed by atoms with E-state index in [0.29, 0.717) is 6.54 Å². The van der Waals surface area contributed by atoms with Gasteiger partial charge in [-0.2, -0.15) is 0 Å². The highest BCUT2D eigenvalue weighted by atomic mass is 32.2. The Labute approximate surface area is 102 Å². The molecule has 0 unspecified atom stereocenters. The number of hydrogen-bond acceptors (Lipinski definition) is 2. The summed E-state index contributed by atoms with van der Waals surface area (Å²) in [6, 6.07) is 10.0. The van der Waals surface area contributed by atoms with Crippen LogP contribution in [0.5, 0.6) is 0 Å². The van der Waals surface area contributed by atoms with Crippen molar-refractivity contribution in [3.8, 4) is 0 Å². The van der Waals surface area contributed by atoms with E-state index < -0.39 is 9.84 Å². The van der Waals surface area contributed by atoms with Crippen molar-refractivity contribution in [3.63, 3.8) is 0 Å². The molecule has 0 aliphatic heterocycles. The molecular formula is C13H17NO2S. The van der Waals surface area contributed by atoms with Gasteiger partial charge in [0.2, 0.25) is 0 Å². The quantitative estimate of drug-likeness (QED) is 0.837. The molecule has 0 amide bonds. The summed E-state index contributed by atoms with van der Waals surface area (Å²) in [6.45, 7) is 3.97. The van der Waals surface area contributed by atoms with Gasteiger partial charge in [0.15, 0.2) is 9.84 Å². The highest BCUT2D eigenvalue weighted by molar-refractivity contribution is 7.91. The maximum atomic E-state index is 11.7. The zero-order valence-corrected chi connectivity index (χ0v) is 10.9.